The van der Waals surface area contributed by atoms with Crippen LogP contribution >= 0.6 is 0 Å². The molecule has 4 nitrogen and oxygen atoms in total. The van der Waals surface area contributed by atoms with E-state index in [1.54, 1.807) is 25.5 Å². The van der Waals surface area contributed by atoms with Gasteiger partial charge in [0.1, 0.15) is 0 Å². The van der Waals surface area contributed by atoms with E-state index in [1.165, 1.54) is 10.7 Å². The van der Waals surface area contributed by atoms with E-state index < -0.39 is 0 Å². The SMILES string of the molecule is Cc1cncc(-c2ccc(=O)n(C)n2)c1. The molecule has 0 saturated heterocycles. The first-order valence-electron chi connectivity index (χ1n) is 4.63. The molecule has 0 aliphatic rings. The van der Waals surface area contributed by atoms with E-state index in [2.05, 4.69) is 10.1 Å². The average Bonchev–Trinajstić information content (AvgIpc) is 2.22. The summed E-state index contributed by atoms with van der Waals surface area (Å²) >= 11 is 0. The van der Waals surface area contributed by atoms with Crippen LogP contribution in [0.2, 0.25) is 0 Å². The van der Waals surface area contributed by atoms with Crippen LogP contribution in [0.15, 0.2) is 35.4 Å². The van der Waals surface area contributed by atoms with Crippen molar-refractivity contribution >= 4 is 0 Å². The normalized spacial score (nSPS) is 10.3. The summed E-state index contributed by atoms with van der Waals surface area (Å²) < 4.78 is 1.32. The second kappa shape index (κ2) is 3.65. The Balaban J connectivity index is 2.55. The predicted molar refractivity (Wildman–Crippen MR) is 57.4 cm³/mol. The van der Waals surface area contributed by atoms with Gasteiger partial charge in [-0.2, -0.15) is 5.10 Å². The van der Waals surface area contributed by atoms with Gasteiger partial charge in [0.2, 0.25) is 0 Å². The fourth-order valence-corrected chi connectivity index (χ4v) is 1.35. The molecule has 0 aliphatic heterocycles. The zero-order valence-electron chi connectivity index (χ0n) is 8.64. The molecule has 0 bridgehead atoms. The average molecular weight is 201 g/mol. The minimum absolute atomic E-state index is 0.112. The summed E-state index contributed by atoms with van der Waals surface area (Å²) in [6, 6.07) is 5.20. The van der Waals surface area contributed by atoms with Crippen molar-refractivity contribution in [1.82, 2.24) is 14.8 Å². The Morgan fingerprint density at radius 3 is 2.73 bits per heavy atom. The number of aromatic nitrogens is 3. The van der Waals surface area contributed by atoms with E-state index in [0.29, 0.717) is 0 Å². The van der Waals surface area contributed by atoms with Crippen LogP contribution in [-0.2, 0) is 7.05 Å². The Bertz CT molecular complexity index is 546. The van der Waals surface area contributed by atoms with Gasteiger partial charge in [-0.05, 0) is 24.6 Å². The third kappa shape index (κ3) is 1.93. The lowest BCUT2D eigenvalue weighted by molar-refractivity contribution is 0.712. The van der Waals surface area contributed by atoms with Crippen LogP contribution in [0.1, 0.15) is 5.56 Å². The van der Waals surface area contributed by atoms with Crippen molar-refractivity contribution in [2.75, 3.05) is 0 Å². The lowest BCUT2D eigenvalue weighted by Crippen LogP contribution is -2.18. The zero-order valence-corrected chi connectivity index (χ0v) is 8.64. The largest absolute Gasteiger partial charge is 0.268 e. The van der Waals surface area contributed by atoms with E-state index in [4.69, 9.17) is 0 Å². The Hall–Kier alpha value is -1.97. The number of hydrogen-bond acceptors (Lipinski definition) is 3. The fraction of sp³-hybridized carbons (Fsp3) is 0.182. The Morgan fingerprint density at radius 2 is 2.07 bits per heavy atom. The minimum atomic E-state index is -0.112. The topological polar surface area (TPSA) is 47.8 Å². The highest BCUT2D eigenvalue weighted by molar-refractivity contribution is 5.57. The molecule has 0 saturated carbocycles. The van der Waals surface area contributed by atoms with Crippen molar-refractivity contribution in [3.05, 3.63) is 46.5 Å². The smallest absolute Gasteiger partial charge is 0.266 e. The molecule has 2 aromatic rings. The van der Waals surface area contributed by atoms with Crippen molar-refractivity contribution in [3.63, 3.8) is 0 Å². The number of hydrogen-bond donors (Lipinski definition) is 0. The number of nitrogens with zero attached hydrogens (tertiary/aromatic N) is 3. The van der Waals surface area contributed by atoms with Crippen molar-refractivity contribution in [1.29, 1.82) is 0 Å². The van der Waals surface area contributed by atoms with Gasteiger partial charge >= 0.3 is 0 Å². The first-order chi connectivity index (χ1) is 7.16. The molecular weight excluding hydrogens is 190 g/mol. The maximum Gasteiger partial charge on any atom is 0.266 e. The number of pyridine rings is 1. The van der Waals surface area contributed by atoms with E-state index in [0.717, 1.165) is 16.8 Å². The number of rotatable bonds is 1. The van der Waals surface area contributed by atoms with Crippen LogP contribution in [0.3, 0.4) is 0 Å². The highest BCUT2D eigenvalue weighted by atomic mass is 16.1. The molecule has 2 aromatic heterocycles. The highest BCUT2D eigenvalue weighted by Crippen LogP contribution is 2.14. The molecule has 2 rings (SSSR count). The molecule has 0 spiro atoms. The molecule has 0 fully saturated rings. The number of aryl methyl sites for hydroxylation is 2. The maximum atomic E-state index is 11.2. The van der Waals surface area contributed by atoms with Crippen LogP contribution in [0.5, 0.6) is 0 Å². The standard InChI is InChI=1S/C11H11N3O/c1-8-5-9(7-12-6-8)10-3-4-11(15)14(2)13-10/h3-7H,1-2H3. The maximum absolute atomic E-state index is 11.2. The predicted octanol–water partition coefficient (Wildman–Crippen LogP) is 1.15. The van der Waals surface area contributed by atoms with Gasteiger partial charge in [0.15, 0.2) is 0 Å². The van der Waals surface area contributed by atoms with Crippen molar-refractivity contribution in [2.24, 2.45) is 7.05 Å². The van der Waals surface area contributed by atoms with E-state index in [9.17, 15) is 4.79 Å². The summed E-state index contributed by atoms with van der Waals surface area (Å²) in [7, 11) is 1.63. The molecule has 0 N–H and O–H groups in total. The molecule has 0 unspecified atom stereocenters. The molecule has 4 heteroatoms. The summed E-state index contributed by atoms with van der Waals surface area (Å²) in [5.41, 5.74) is 2.64. The van der Waals surface area contributed by atoms with E-state index in [-0.39, 0.29) is 5.56 Å². The quantitative estimate of drug-likeness (QED) is 0.695. The fourth-order valence-electron chi connectivity index (χ4n) is 1.35. The van der Waals surface area contributed by atoms with Gasteiger partial charge in [0.25, 0.3) is 5.56 Å². The van der Waals surface area contributed by atoms with Crippen molar-refractivity contribution in [3.8, 4) is 11.3 Å². The van der Waals surface area contributed by atoms with E-state index >= 15 is 0 Å². The monoisotopic (exact) mass is 201 g/mol. The first-order valence-corrected chi connectivity index (χ1v) is 4.63. The Labute approximate surface area is 87.2 Å². The van der Waals surface area contributed by atoms with Crippen LogP contribution in [-0.4, -0.2) is 14.8 Å². The van der Waals surface area contributed by atoms with Gasteiger partial charge in [0, 0.05) is 31.1 Å². The van der Waals surface area contributed by atoms with Crippen LogP contribution < -0.4 is 5.56 Å². The van der Waals surface area contributed by atoms with Gasteiger partial charge in [-0.15, -0.1) is 0 Å². The lowest BCUT2D eigenvalue weighted by Gasteiger charge is -2.02. The van der Waals surface area contributed by atoms with Crippen LogP contribution in [0.4, 0.5) is 0 Å². The molecule has 0 aromatic carbocycles. The molecular formula is C11H11N3O. The second-order valence-electron chi connectivity index (χ2n) is 3.43. The summed E-state index contributed by atoms with van der Waals surface area (Å²) in [6.07, 6.45) is 3.52. The summed E-state index contributed by atoms with van der Waals surface area (Å²) in [5, 5.41) is 4.15. The molecule has 2 heterocycles. The second-order valence-corrected chi connectivity index (χ2v) is 3.43. The highest BCUT2D eigenvalue weighted by Gasteiger charge is 2.01. The molecule has 76 valence electrons. The van der Waals surface area contributed by atoms with Crippen molar-refractivity contribution in [2.45, 2.75) is 6.92 Å². The minimum Gasteiger partial charge on any atom is -0.268 e. The molecule has 0 amide bonds. The third-order valence-corrected chi connectivity index (χ3v) is 2.13. The van der Waals surface area contributed by atoms with Gasteiger partial charge in [-0.3, -0.25) is 9.78 Å². The van der Waals surface area contributed by atoms with Crippen LogP contribution in [0, 0.1) is 6.92 Å². The van der Waals surface area contributed by atoms with Gasteiger partial charge in [0.05, 0.1) is 5.69 Å². The Kier molecular flexibility index (Phi) is 2.33. The van der Waals surface area contributed by atoms with Crippen molar-refractivity contribution < 1.29 is 0 Å². The lowest BCUT2D eigenvalue weighted by atomic mass is 10.1. The first kappa shape index (κ1) is 9.58. The van der Waals surface area contributed by atoms with Crippen LogP contribution in [0.25, 0.3) is 11.3 Å². The summed E-state index contributed by atoms with van der Waals surface area (Å²) in [5.74, 6) is 0. The van der Waals surface area contributed by atoms with Gasteiger partial charge < -0.3 is 0 Å². The zero-order chi connectivity index (χ0) is 10.8. The third-order valence-electron chi connectivity index (χ3n) is 2.13. The molecule has 0 atom stereocenters. The molecule has 0 aliphatic carbocycles. The Morgan fingerprint density at radius 1 is 1.27 bits per heavy atom. The van der Waals surface area contributed by atoms with Gasteiger partial charge in [-0.25, -0.2) is 4.68 Å². The summed E-state index contributed by atoms with van der Waals surface area (Å²) in [4.78, 5) is 15.2. The van der Waals surface area contributed by atoms with E-state index in [1.807, 2.05) is 13.0 Å². The molecule has 15 heavy (non-hydrogen) atoms. The summed E-state index contributed by atoms with van der Waals surface area (Å²) in [6.45, 7) is 1.97. The van der Waals surface area contributed by atoms with Gasteiger partial charge in [-0.1, -0.05) is 0 Å². The molecule has 0 radical (unpaired) electrons.